The molecule has 2 aromatic rings. The second-order valence-electron chi connectivity index (χ2n) is 13.6. The third-order valence-corrected chi connectivity index (χ3v) is 12.8. The number of ether oxygens (including phenoxy) is 3. The molecule has 11 heteroatoms. The number of amides is 1. The number of methoxy groups -OCH3 is 1. The Morgan fingerprint density at radius 1 is 1.19 bits per heavy atom. The molecule has 47 heavy (non-hydrogen) atoms. The maximum absolute atomic E-state index is 13.5. The van der Waals surface area contributed by atoms with Crippen molar-refractivity contribution in [2.24, 2.45) is 11.8 Å². The van der Waals surface area contributed by atoms with E-state index < -0.39 is 33.3 Å². The average Bonchev–Trinajstić information content (AvgIpc) is 3.18. The maximum atomic E-state index is 13.5. The third kappa shape index (κ3) is 6.92. The Hall–Kier alpha value is -3.08. The summed E-state index contributed by atoms with van der Waals surface area (Å²) < 4.78 is 47.0. The largest absolute Gasteiger partial charge is 0.490 e. The van der Waals surface area contributed by atoms with Crippen LogP contribution in [-0.2, 0) is 36.1 Å². The second kappa shape index (κ2) is 13.8. The lowest BCUT2D eigenvalue weighted by atomic mass is 9.68. The first-order valence-electron chi connectivity index (χ1n) is 16.8. The van der Waals surface area contributed by atoms with Gasteiger partial charge in [-0.05, 0) is 112 Å². The van der Waals surface area contributed by atoms with Crippen LogP contribution in [0.25, 0.3) is 0 Å². The van der Waals surface area contributed by atoms with Crippen LogP contribution in [-0.4, -0.2) is 64.6 Å². The normalized spacial score (nSPS) is 30.0. The van der Waals surface area contributed by atoms with E-state index in [-0.39, 0.29) is 28.9 Å². The first kappa shape index (κ1) is 33.8. The molecule has 254 valence electrons. The summed E-state index contributed by atoms with van der Waals surface area (Å²) in [4.78, 5) is 28.2. The number of carbonyl (C=O) groups excluding carboxylic acids is 2. The monoisotopic (exact) mass is 684 g/mol. The van der Waals surface area contributed by atoms with Crippen molar-refractivity contribution in [1.29, 1.82) is 0 Å². The van der Waals surface area contributed by atoms with Crippen molar-refractivity contribution in [3.63, 3.8) is 0 Å². The van der Waals surface area contributed by atoms with Gasteiger partial charge in [-0.25, -0.2) is 17.9 Å². The molecule has 2 aliphatic heterocycles. The highest BCUT2D eigenvalue weighted by Gasteiger charge is 2.45. The van der Waals surface area contributed by atoms with Crippen molar-refractivity contribution < 1.29 is 32.2 Å². The van der Waals surface area contributed by atoms with Crippen molar-refractivity contribution in [3.05, 3.63) is 70.3 Å². The Bertz CT molecular complexity index is 1650. The van der Waals surface area contributed by atoms with E-state index in [4.69, 9.17) is 25.8 Å². The van der Waals surface area contributed by atoms with Crippen LogP contribution in [0.4, 0.5) is 5.69 Å². The molecular formula is C36H45ClN2O7S. The van der Waals surface area contributed by atoms with Gasteiger partial charge in [0.2, 0.25) is 10.0 Å². The summed E-state index contributed by atoms with van der Waals surface area (Å²) >= 11 is 6.43. The number of nitrogens with one attached hydrogen (secondary N) is 1. The molecule has 0 aromatic heterocycles. The quantitative estimate of drug-likeness (QED) is 0.310. The molecule has 6 atom stereocenters. The Kier molecular flexibility index (Phi) is 9.93. The van der Waals surface area contributed by atoms with Gasteiger partial charge in [0.05, 0.1) is 30.8 Å². The van der Waals surface area contributed by atoms with Crippen LogP contribution >= 0.6 is 11.6 Å². The van der Waals surface area contributed by atoms with E-state index in [1.807, 2.05) is 25.1 Å². The van der Waals surface area contributed by atoms with E-state index in [0.29, 0.717) is 44.7 Å². The van der Waals surface area contributed by atoms with Gasteiger partial charge in [0.15, 0.2) is 6.10 Å². The number of benzene rings is 2. The summed E-state index contributed by atoms with van der Waals surface area (Å²) in [6.45, 7) is 5.34. The summed E-state index contributed by atoms with van der Waals surface area (Å²) in [5, 5.41) is -0.0219. The first-order chi connectivity index (χ1) is 22.5. The van der Waals surface area contributed by atoms with Gasteiger partial charge in [0, 0.05) is 29.1 Å². The number of halogens is 1. The molecule has 2 aromatic carbocycles. The zero-order valence-electron chi connectivity index (χ0n) is 27.4. The van der Waals surface area contributed by atoms with Gasteiger partial charge >= 0.3 is 5.97 Å². The highest BCUT2D eigenvalue weighted by molar-refractivity contribution is 7.90. The van der Waals surface area contributed by atoms with Crippen molar-refractivity contribution in [3.8, 4) is 5.75 Å². The van der Waals surface area contributed by atoms with Gasteiger partial charge < -0.3 is 19.1 Å². The van der Waals surface area contributed by atoms with Gasteiger partial charge in [-0.1, -0.05) is 36.7 Å². The predicted octanol–water partition coefficient (Wildman–Crippen LogP) is 5.97. The van der Waals surface area contributed by atoms with Crippen LogP contribution in [0, 0.1) is 11.8 Å². The van der Waals surface area contributed by atoms with Crippen LogP contribution in [0.2, 0.25) is 5.02 Å². The molecule has 6 rings (SSSR count). The molecule has 0 saturated heterocycles. The highest BCUT2D eigenvalue weighted by atomic mass is 35.5. The molecule has 1 amide bonds. The minimum atomic E-state index is -3.94. The molecule has 0 radical (unpaired) electrons. The van der Waals surface area contributed by atoms with Crippen molar-refractivity contribution >= 4 is 39.2 Å². The van der Waals surface area contributed by atoms with Crippen molar-refractivity contribution in [1.82, 2.24) is 4.72 Å². The standard InChI is InChI=1S/C36H45ClN2O7S/c1-4-28-9-5-6-10-32(46-23(2)35(41)44-3)29-14-11-26(29)20-39-21-36(17-7-8-24-18-27(37)13-15-30(24)36)22-45-33-16-12-25(19-31(33)39)34(40)38-47(28,42)43/h6,10,12-13,15-16,18-19,23,26,28-29,32H,4-5,7-9,11,14,17,20-22H2,1-3H3,(H,38,40)/b10-6+/t23-,26-,28+,29+,32-,36-/m0/s1. The van der Waals surface area contributed by atoms with Crippen molar-refractivity contribution in [2.45, 2.75) is 88.1 Å². The molecule has 1 fully saturated rings. The number of carbonyl (C=O) groups is 2. The van der Waals surface area contributed by atoms with Gasteiger partial charge in [-0.15, -0.1) is 0 Å². The van der Waals surface area contributed by atoms with E-state index in [9.17, 15) is 18.0 Å². The summed E-state index contributed by atoms with van der Waals surface area (Å²) in [6, 6.07) is 11.4. The number of anilines is 1. The Balaban J connectivity index is 1.42. The summed E-state index contributed by atoms with van der Waals surface area (Å²) in [6.07, 6.45) is 8.89. The van der Waals surface area contributed by atoms with E-state index >= 15 is 0 Å². The summed E-state index contributed by atoms with van der Waals surface area (Å²) in [5.41, 5.74) is 3.22. The van der Waals surface area contributed by atoms with Crippen LogP contribution in [0.3, 0.4) is 0 Å². The van der Waals surface area contributed by atoms with E-state index in [2.05, 4.69) is 21.8 Å². The van der Waals surface area contributed by atoms with Gasteiger partial charge in [-0.2, -0.15) is 0 Å². The molecule has 0 unspecified atom stereocenters. The zero-order valence-corrected chi connectivity index (χ0v) is 28.9. The number of hydrogen-bond acceptors (Lipinski definition) is 8. The number of hydrogen-bond donors (Lipinski definition) is 1. The Labute approximate surface area is 283 Å². The first-order valence-corrected chi connectivity index (χ1v) is 18.7. The lowest BCUT2D eigenvalue weighted by Crippen LogP contribution is -2.50. The van der Waals surface area contributed by atoms with Crippen molar-refractivity contribution in [2.75, 3.05) is 31.7 Å². The van der Waals surface area contributed by atoms with Crippen LogP contribution < -0.4 is 14.4 Å². The van der Waals surface area contributed by atoms with Crippen LogP contribution in [0.5, 0.6) is 5.75 Å². The van der Waals surface area contributed by atoms with E-state index in [1.165, 1.54) is 18.2 Å². The van der Waals surface area contributed by atoms with Gasteiger partial charge in [-0.3, -0.25) is 4.79 Å². The molecule has 2 bridgehead atoms. The number of fused-ring (bicyclic) bond motifs is 4. The average molecular weight is 685 g/mol. The number of allylic oxidation sites excluding steroid dienone is 1. The predicted molar refractivity (Wildman–Crippen MR) is 182 cm³/mol. The van der Waals surface area contributed by atoms with E-state index in [0.717, 1.165) is 42.8 Å². The number of nitrogens with zero attached hydrogens (tertiary/aromatic N) is 1. The fraction of sp³-hybridized carbons (Fsp3) is 0.556. The smallest absolute Gasteiger partial charge is 0.334 e. The second-order valence-corrected chi connectivity index (χ2v) is 16.0. The minimum absolute atomic E-state index is 0.143. The number of rotatable bonds is 4. The lowest BCUT2D eigenvalue weighted by Gasteiger charge is -2.46. The highest BCUT2D eigenvalue weighted by Crippen LogP contribution is 2.47. The SMILES string of the molecule is CC[C@@H]1CC/C=C/[C@H](O[C@@H](C)C(=O)OC)[C@@H]2CC[C@H]2CN2C[C@@]3(CCCc4cc(Cl)ccc43)COc3ccc(cc32)C(=O)NS1(=O)=O. The molecule has 4 aliphatic rings. The number of esters is 1. The van der Waals surface area contributed by atoms with E-state index in [1.54, 1.807) is 25.1 Å². The number of sulfonamides is 1. The van der Waals surface area contributed by atoms with Crippen LogP contribution in [0.15, 0.2) is 48.6 Å². The number of aryl methyl sites for hydroxylation is 1. The summed E-state index contributed by atoms with van der Waals surface area (Å²) in [7, 11) is -2.58. The zero-order chi connectivity index (χ0) is 33.3. The molecule has 1 saturated carbocycles. The summed E-state index contributed by atoms with van der Waals surface area (Å²) in [5.74, 6) is -0.0159. The third-order valence-electron chi connectivity index (χ3n) is 10.7. The fourth-order valence-electron chi connectivity index (χ4n) is 7.90. The molecule has 1 N–H and O–H groups in total. The molecule has 1 spiro atoms. The molecular weight excluding hydrogens is 640 g/mol. The fourth-order valence-corrected chi connectivity index (χ4v) is 9.52. The topological polar surface area (TPSA) is 111 Å². The van der Waals surface area contributed by atoms with Gasteiger partial charge in [0.25, 0.3) is 5.91 Å². The lowest BCUT2D eigenvalue weighted by molar-refractivity contribution is -0.158. The maximum Gasteiger partial charge on any atom is 0.334 e. The Morgan fingerprint density at radius 2 is 2.02 bits per heavy atom. The van der Waals surface area contributed by atoms with Crippen LogP contribution in [0.1, 0.15) is 80.3 Å². The molecule has 2 aliphatic carbocycles. The van der Waals surface area contributed by atoms with Gasteiger partial charge in [0.1, 0.15) is 5.75 Å². The molecule has 9 nitrogen and oxygen atoms in total. The minimum Gasteiger partial charge on any atom is -0.490 e. The molecule has 2 heterocycles. The Morgan fingerprint density at radius 3 is 2.77 bits per heavy atom.